The van der Waals surface area contributed by atoms with E-state index in [0.29, 0.717) is 12.2 Å². The number of nitrogens with zero attached hydrogens (tertiary/aromatic N) is 2. The van der Waals surface area contributed by atoms with E-state index in [-0.39, 0.29) is 55.3 Å². The molecule has 2 saturated heterocycles. The number of likely N-dealkylation sites (tertiary alicyclic amines) is 1. The first-order chi connectivity index (χ1) is 23.5. The Morgan fingerprint density at radius 2 is 1.86 bits per heavy atom. The third-order valence-corrected chi connectivity index (χ3v) is 13.3. The number of nitrogens with one attached hydrogen (secondary N) is 2. The molecule has 5 atom stereocenters. The number of fused-ring (bicyclic) bond motifs is 3. The monoisotopic (exact) mass is 680 g/mol. The highest BCUT2D eigenvalue weighted by Crippen LogP contribution is 2.59. The maximum Gasteiger partial charge on any atom is 0.264 e. The fourth-order valence-corrected chi connectivity index (χ4v) is 11.2. The second kappa shape index (κ2) is 12.9. The summed E-state index contributed by atoms with van der Waals surface area (Å²) in [5.74, 6) is -0.868. The quantitative estimate of drug-likeness (QED) is 0.183. The summed E-state index contributed by atoms with van der Waals surface area (Å²) in [4.78, 5) is 59.7. The van der Waals surface area contributed by atoms with Gasteiger partial charge < -0.3 is 34.7 Å². The molecule has 11 heteroatoms. The highest BCUT2D eigenvalue weighted by molar-refractivity contribution is 6.71. The Kier molecular flexibility index (Phi) is 8.72. The molecule has 10 nitrogen and oxygen atoms in total. The molecule has 0 unspecified atom stereocenters. The summed E-state index contributed by atoms with van der Waals surface area (Å²) in [5.41, 5.74) is 3.11. The molecule has 2 fully saturated rings. The van der Waals surface area contributed by atoms with Crippen molar-refractivity contribution in [3.8, 4) is 0 Å². The summed E-state index contributed by atoms with van der Waals surface area (Å²) in [6, 6.07) is 22.8. The SMILES string of the molecule is C[C@@H]1[C@@H]([Si](C)(C)O)[C@H](CC(=O)N2CCC[C@H]2CO)O[C@@]12C(=O)N(Cc1cccc(NC(=O)Cc3c[nH]c4ccccc34)c1)c1ccccc12. The van der Waals surface area contributed by atoms with E-state index in [1.807, 2.05) is 99.0 Å². The third-order valence-electron chi connectivity index (χ3n) is 10.8. The number of hydrogen-bond acceptors (Lipinski definition) is 6. The van der Waals surface area contributed by atoms with Crippen molar-refractivity contribution in [1.29, 1.82) is 0 Å². The van der Waals surface area contributed by atoms with Gasteiger partial charge in [-0.25, -0.2) is 0 Å². The van der Waals surface area contributed by atoms with Crippen LogP contribution < -0.4 is 10.2 Å². The minimum absolute atomic E-state index is 0.0417. The summed E-state index contributed by atoms with van der Waals surface area (Å²) in [7, 11) is -2.94. The molecule has 3 aliphatic heterocycles. The number of rotatable bonds is 9. The van der Waals surface area contributed by atoms with Crippen molar-refractivity contribution in [2.75, 3.05) is 23.4 Å². The fraction of sp³-hybridized carbons (Fsp3) is 0.395. The number of anilines is 2. The van der Waals surface area contributed by atoms with Gasteiger partial charge in [0.05, 0.1) is 43.8 Å². The Hall–Kier alpha value is -4.29. The lowest BCUT2D eigenvalue weighted by molar-refractivity contribution is -0.150. The van der Waals surface area contributed by atoms with Gasteiger partial charge in [0.15, 0.2) is 13.9 Å². The van der Waals surface area contributed by atoms with E-state index in [1.54, 1.807) is 9.80 Å². The van der Waals surface area contributed by atoms with Gasteiger partial charge in [-0.1, -0.05) is 55.5 Å². The average Bonchev–Trinajstić information content (AvgIpc) is 3.83. The van der Waals surface area contributed by atoms with Crippen molar-refractivity contribution in [1.82, 2.24) is 9.88 Å². The number of ether oxygens (including phenoxy) is 1. The molecule has 0 aliphatic carbocycles. The van der Waals surface area contributed by atoms with Crippen LogP contribution in [0.4, 0.5) is 11.4 Å². The van der Waals surface area contributed by atoms with Crippen molar-refractivity contribution >= 4 is 48.3 Å². The van der Waals surface area contributed by atoms with E-state index < -0.39 is 25.9 Å². The number of hydrogen-bond donors (Lipinski definition) is 4. The Morgan fingerprint density at radius 3 is 2.65 bits per heavy atom. The highest BCUT2D eigenvalue weighted by Gasteiger charge is 2.66. The van der Waals surface area contributed by atoms with Gasteiger partial charge >= 0.3 is 0 Å². The van der Waals surface area contributed by atoms with Gasteiger partial charge in [0.1, 0.15) is 0 Å². The van der Waals surface area contributed by atoms with Gasteiger partial charge in [0, 0.05) is 46.4 Å². The zero-order valence-electron chi connectivity index (χ0n) is 28.2. The Labute approximate surface area is 287 Å². The number of carbonyl (C=O) groups excluding carboxylic acids is 3. The van der Waals surface area contributed by atoms with Crippen LogP contribution in [0.5, 0.6) is 0 Å². The van der Waals surface area contributed by atoms with Crippen LogP contribution in [0.25, 0.3) is 10.9 Å². The molecule has 4 aromatic rings. The largest absolute Gasteiger partial charge is 0.432 e. The summed E-state index contributed by atoms with van der Waals surface area (Å²) in [6.07, 6.45) is 3.07. The van der Waals surface area contributed by atoms with E-state index in [9.17, 15) is 24.3 Å². The van der Waals surface area contributed by atoms with Crippen LogP contribution in [0.1, 0.15) is 42.9 Å². The van der Waals surface area contributed by atoms with Crippen molar-refractivity contribution < 1.29 is 29.0 Å². The number of H-pyrrole nitrogens is 1. The zero-order valence-corrected chi connectivity index (χ0v) is 29.2. The van der Waals surface area contributed by atoms with Crippen LogP contribution in [0, 0.1) is 5.92 Å². The van der Waals surface area contributed by atoms with E-state index in [2.05, 4.69) is 10.3 Å². The lowest BCUT2D eigenvalue weighted by atomic mass is 9.82. The predicted octanol–water partition coefficient (Wildman–Crippen LogP) is 5.07. The summed E-state index contributed by atoms with van der Waals surface area (Å²) in [5, 5.41) is 13.9. The first kappa shape index (κ1) is 33.2. The van der Waals surface area contributed by atoms with Crippen LogP contribution >= 0.6 is 0 Å². The predicted molar refractivity (Wildman–Crippen MR) is 190 cm³/mol. The smallest absolute Gasteiger partial charge is 0.264 e. The van der Waals surface area contributed by atoms with E-state index in [1.165, 1.54) is 0 Å². The first-order valence-corrected chi connectivity index (χ1v) is 20.2. The van der Waals surface area contributed by atoms with Crippen LogP contribution in [0.3, 0.4) is 0 Å². The minimum atomic E-state index is -2.94. The van der Waals surface area contributed by atoms with Gasteiger partial charge in [0.2, 0.25) is 11.8 Å². The van der Waals surface area contributed by atoms with Gasteiger partial charge in [-0.3, -0.25) is 14.4 Å². The molecule has 4 N–H and O–H groups in total. The molecule has 1 spiro atoms. The number of para-hydroxylation sites is 2. The molecule has 7 rings (SSSR count). The summed E-state index contributed by atoms with van der Waals surface area (Å²) in [6.45, 7) is 6.41. The average molecular weight is 681 g/mol. The normalized spacial score (nSPS) is 25.0. The number of aliphatic hydroxyl groups is 1. The van der Waals surface area contributed by atoms with E-state index >= 15 is 0 Å². The van der Waals surface area contributed by atoms with Crippen molar-refractivity contribution in [2.24, 2.45) is 5.92 Å². The summed E-state index contributed by atoms with van der Waals surface area (Å²) < 4.78 is 6.84. The van der Waals surface area contributed by atoms with Crippen molar-refractivity contribution in [3.63, 3.8) is 0 Å². The lowest BCUT2D eigenvalue weighted by Crippen LogP contribution is -2.46. The number of carbonyl (C=O) groups is 3. The Morgan fingerprint density at radius 1 is 1.08 bits per heavy atom. The molecule has 4 heterocycles. The van der Waals surface area contributed by atoms with Crippen LogP contribution in [0.15, 0.2) is 79.0 Å². The highest BCUT2D eigenvalue weighted by atomic mass is 28.4. The number of aromatic amines is 1. The molecule has 3 aromatic carbocycles. The van der Waals surface area contributed by atoms with Crippen LogP contribution in [-0.2, 0) is 37.7 Å². The Bertz CT molecular complexity index is 1900. The maximum absolute atomic E-state index is 14.7. The molecule has 49 heavy (non-hydrogen) atoms. The number of amides is 3. The Balaban J connectivity index is 1.13. The fourth-order valence-electron chi connectivity index (χ4n) is 8.62. The zero-order chi connectivity index (χ0) is 34.5. The van der Waals surface area contributed by atoms with E-state index in [4.69, 9.17) is 4.74 Å². The maximum atomic E-state index is 14.7. The van der Waals surface area contributed by atoms with Gasteiger partial charge in [-0.05, 0) is 61.3 Å². The molecule has 0 radical (unpaired) electrons. The first-order valence-electron chi connectivity index (χ1n) is 17.2. The third kappa shape index (κ3) is 5.88. The standard InChI is InChI=1S/C38H44N4O6Si/c1-24-36(49(2,3)47)33(20-35(45)41-17-9-12-28(41)23-43)48-38(24)30-14-5-7-16-32(30)42(37(38)46)22-25-10-8-11-27(18-25)40-34(44)19-26-21-39-31-15-6-4-13-29(26)31/h4-8,10-11,13-16,18,21,24,28,33,36,39,43,47H,9,12,17,19-20,22-23H2,1-3H3,(H,40,44)/t24-,28+,33+,36-,38+/m1/s1. The van der Waals surface area contributed by atoms with Gasteiger partial charge in [0.25, 0.3) is 5.91 Å². The van der Waals surface area contributed by atoms with Crippen LogP contribution in [-0.4, -0.2) is 71.1 Å². The molecule has 3 amide bonds. The van der Waals surface area contributed by atoms with Crippen molar-refractivity contribution in [3.05, 3.63) is 95.7 Å². The number of benzene rings is 3. The minimum Gasteiger partial charge on any atom is -0.432 e. The topological polar surface area (TPSA) is 135 Å². The van der Waals surface area contributed by atoms with Gasteiger partial charge in [-0.15, -0.1) is 0 Å². The van der Waals surface area contributed by atoms with Crippen LogP contribution in [0.2, 0.25) is 18.6 Å². The number of aliphatic hydroxyl groups excluding tert-OH is 1. The molecule has 1 aromatic heterocycles. The molecule has 256 valence electrons. The van der Waals surface area contributed by atoms with Gasteiger partial charge in [-0.2, -0.15) is 0 Å². The second-order valence-corrected chi connectivity index (χ2v) is 18.3. The molecule has 0 saturated carbocycles. The van der Waals surface area contributed by atoms with Crippen molar-refractivity contribution in [2.45, 2.75) is 75.5 Å². The molecular formula is C38H44N4O6Si. The van der Waals surface area contributed by atoms with E-state index in [0.717, 1.165) is 46.1 Å². The molecule has 0 bridgehead atoms. The molecular weight excluding hydrogens is 637 g/mol. The summed E-state index contributed by atoms with van der Waals surface area (Å²) >= 11 is 0. The lowest BCUT2D eigenvalue weighted by Gasteiger charge is -2.32. The molecule has 3 aliphatic rings. The number of aromatic nitrogens is 1. The second-order valence-electron chi connectivity index (χ2n) is 14.3.